The first-order valence-electron chi connectivity index (χ1n) is 8.99. The van der Waals surface area contributed by atoms with Gasteiger partial charge < -0.3 is 15.0 Å². The molecule has 0 aliphatic carbocycles. The molecule has 0 radical (unpaired) electrons. The second kappa shape index (κ2) is 8.52. The lowest BCUT2D eigenvalue weighted by Gasteiger charge is -2.32. The van der Waals surface area contributed by atoms with E-state index in [0.29, 0.717) is 12.1 Å². The van der Waals surface area contributed by atoms with Gasteiger partial charge in [0.2, 0.25) is 11.8 Å². The first-order valence-corrected chi connectivity index (χ1v) is 8.99. The molecule has 0 aromatic heterocycles. The number of carbonyl (C=O) groups is 3. The van der Waals surface area contributed by atoms with Crippen LogP contribution in [0, 0.1) is 0 Å². The molecule has 0 bridgehead atoms. The van der Waals surface area contributed by atoms with Crippen LogP contribution in [0.25, 0.3) is 6.08 Å². The van der Waals surface area contributed by atoms with Crippen molar-refractivity contribution < 1.29 is 19.1 Å². The third-order valence-corrected chi connectivity index (χ3v) is 4.71. The van der Waals surface area contributed by atoms with Gasteiger partial charge in [-0.15, -0.1) is 0 Å². The zero-order valence-electron chi connectivity index (χ0n) is 15.8. The number of hydrogen-bond donors (Lipinski definition) is 1. The fraction of sp³-hybridized carbons (Fsp3) is 0.227. The number of nitrogens with one attached hydrogen (secondary N) is 1. The minimum atomic E-state index is -0.399. The highest BCUT2D eigenvalue weighted by Gasteiger charge is 2.28. The average molecular weight is 378 g/mol. The van der Waals surface area contributed by atoms with Crippen LogP contribution in [-0.2, 0) is 20.9 Å². The van der Waals surface area contributed by atoms with Crippen LogP contribution in [-0.4, -0.2) is 29.8 Å². The second-order valence-electron chi connectivity index (χ2n) is 6.56. The van der Waals surface area contributed by atoms with Crippen LogP contribution in [0.2, 0.25) is 0 Å². The third-order valence-electron chi connectivity index (χ3n) is 4.71. The number of rotatable bonds is 5. The number of hydrogen-bond acceptors (Lipinski definition) is 4. The molecule has 3 rings (SSSR count). The van der Waals surface area contributed by atoms with E-state index in [0.717, 1.165) is 16.7 Å². The summed E-state index contributed by atoms with van der Waals surface area (Å²) in [4.78, 5) is 37.6. The zero-order chi connectivity index (χ0) is 20.1. The summed E-state index contributed by atoms with van der Waals surface area (Å²) in [6, 6.07) is 14.3. The molecule has 0 spiro atoms. The van der Waals surface area contributed by atoms with E-state index in [9.17, 15) is 14.4 Å². The highest BCUT2D eigenvalue weighted by molar-refractivity contribution is 5.89. The highest BCUT2D eigenvalue weighted by Crippen LogP contribution is 2.32. The molecule has 2 amide bonds. The van der Waals surface area contributed by atoms with Crippen LogP contribution in [0.5, 0.6) is 0 Å². The molecule has 1 aliphatic heterocycles. The molecular weight excluding hydrogens is 356 g/mol. The van der Waals surface area contributed by atoms with Gasteiger partial charge >= 0.3 is 5.97 Å². The average Bonchev–Trinajstić information content (AvgIpc) is 2.72. The van der Waals surface area contributed by atoms with Crippen molar-refractivity contribution in [3.8, 4) is 0 Å². The van der Waals surface area contributed by atoms with Gasteiger partial charge in [0.15, 0.2) is 0 Å². The zero-order valence-corrected chi connectivity index (χ0v) is 15.8. The van der Waals surface area contributed by atoms with Gasteiger partial charge in [-0.3, -0.25) is 9.59 Å². The highest BCUT2D eigenvalue weighted by atomic mass is 16.5. The van der Waals surface area contributed by atoms with Crippen molar-refractivity contribution >= 4 is 23.9 Å². The van der Waals surface area contributed by atoms with Crippen LogP contribution in [0.1, 0.15) is 46.4 Å². The molecule has 144 valence electrons. The minimum absolute atomic E-state index is 0.109. The number of amides is 2. The predicted octanol–water partition coefficient (Wildman–Crippen LogP) is 3.05. The molecule has 6 heteroatoms. The summed E-state index contributed by atoms with van der Waals surface area (Å²) in [6.07, 6.45) is 3.78. The molecule has 2 aromatic rings. The first kappa shape index (κ1) is 19.4. The largest absolute Gasteiger partial charge is 0.465 e. The number of esters is 1. The predicted molar refractivity (Wildman–Crippen MR) is 105 cm³/mol. The van der Waals surface area contributed by atoms with Gasteiger partial charge in [-0.1, -0.05) is 36.4 Å². The van der Waals surface area contributed by atoms with E-state index >= 15 is 0 Å². The quantitative estimate of drug-likeness (QED) is 0.812. The Morgan fingerprint density at radius 3 is 2.46 bits per heavy atom. The Hall–Kier alpha value is -3.41. The normalized spacial score (nSPS) is 14.9. The van der Waals surface area contributed by atoms with Gasteiger partial charge in [0, 0.05) is 19.7 Å². The number of benzene rings is 2. The number of methoxy groups -OCH3 is 1. The van der Waals surface area contributed by atoms with Gasteiger partial charge in [-0.05, 0) is 34.9 Å². The van der Waals surface area contributed by atoms with E-state index in [1.807, 2.05) is 30.3 Å². The van der Waals surface area contributed by atoms with Crippen LogP contribution < -0.4 is 5.32 Å². The fourth-order valence-corrected chi connectivity index (χ4v) is 3.24. The molecule has 0 saturated carbocycles. The van der Waals surface area contributed by atoms with E-state index < -0.39 is 5.97 Å². The van der Waals surface area contributed by atoms with E-state index in [1.165, 1.54) is 14.0 Å². The Labute approximate surface area is 163 Å². The van der Waals surface area contributed by atoms with Crippen molar-refractivity contribution in [2.45, 2.75) is 25.9 Å². The lowest BCUT2D eigenvalue weighted by Crippen LogP contribution is -2.35. The molecule has 1 aliphatic rings. The molecule has 0 unspecified atom stereocenters. The van der Waals surface area contributed by atoms with Gasteiger partial charge in [0.05, 0.1) is 25.1 Å². The van der Waals surface area contributed by atoms with Crippen LogP contribution in [0.4, 0.5) is 0 Å². The van der Waals surface area contributed by atoms with Crippen molar-refractivity contribution in [3.05, 3.63) is 77.0 Å². The topological polar surface area (TPSA) is 75.7 Å². The van der Waals surface area contributed by atoms with E-state index in [1.54, 1.807) is 35.4 Å². The Balaban J connectivity index is 1.65. The third kappa shape index (κ3) is 4.28. The Kier molecular flexibility index (Phi) is 5.89. The fourth-order valence-electron chi connectivity index (χ4n) is 3.24. The molecule has 0 saturated heterocycles. The van der Waals surface area contributed by atoms with Crippen molar-refractivity contribution in [1.82, 2.24) is 10.2 Å². The standard InChI is InChI=1S/C22H22N2O4/c1-15(25)24-12-11-17-5-3-4-6-19(17)20(24)13-21(26)23-14-16-7-9-18(10-8-16)22(27)28-2/h3-12,20H,13-14H2,1-2H3,(H,23,26)/t20-/m1/s1. The van der Waals surface area contributed by atoms with Crippen molar-refractivity contribution in [1.29, 1.82) is 0 Å². The molecule has 1 heterocycles. The van der Waals surface area contributed by atoms with Gasteiger partial charge in [-0.2, -0.15) is 0 Å². The molecule has 2 aromatic carbocycles. The molecule has 0 fully saturated rings. The number of carbonyl (C=O) groups excluding carboxylic acids is 3. The summed E-state index contributed by atoms with van der Waals surface area (Å²) in [5.74, 6) is -0.663. The summed E-state index contributed by atoms with van der Waals surface area (Å²) in [6.45, 7) is 1.83. The SMILES string of the molecule is COC(=O)c1ccc(CNC(=O)C[C@@H]2c3ccccc3C=CN2C(C)=O)cc1. The summed E-state index contributed by atoms with van der Waals surface area (Å²) >= 11 is 0. The van der Waals surface area contributed by atoms with E-state index in [-0.39, 0.29) is 24.3 Å². The lowest BCUT2D eigenvalue weighted by molar-refractivity contribution is -0.130. The summed E-state index contributed by atoms with van der Waals surface area (Å²) in [5.41, 5.74) is 3.29. The summed E-state index contributed by atoms with van der Waals surface area (Å²) in [7, 11) is 1.33. The van der Waals surface area contributed by atoms with Gasteiger partial charge in [0.25, 0.3) is 0 Å². The van der Waals surface area contributed by atoms with Crippen molar-refractivity contribution in [2.75, 3.05) is 7.11 Å². The number of fused-ring (bicyclic) bond motifs is 1. The second-order valence-corrected chi connectivity index (χ2v) is 6.56. The summed E-state index contributed by atoms with van der Waals surface area (Å²) in [5, 5.41) is 2.88. The van der Waals surface area contributed by atoms with Crippen molar-refractivity contribution in [2.24, 2.45) is 0 Å². The molecular formula is C22H22N2O4. The van der Waals surface area contributed by atoms with E-state index in [4.69, 9.17) is 0 Å². The maximum atomic E-state index is 12.5. The van der Waals surface area contributed by atoms with Crippen LogP contribution in [0.15, 0.2) is 54.7 Å². The molecule has 1 N–H and O–H groups in total. The number of nitrogens with zero attached hydrogens (tertiary/aromatic N) is 1. The molecule has 28 heavy (non-hydrogen) atoms. The maximum absolute atomic E-state index is 12.5. The Bertz CT molecular complexity index is 918. The number of ether oxygens (including phenoxy) is 1. The van der Waals surface area contributed by atoms with Crippen LogP contribution >= 0.6 is 0 Å². The monoisotopic (exact) mass is 378 g/mol. The van der Waals surface area contributed by atoms with Crippen LogP contribution in [0.3, 0.4) is 0 Å². The Morgan fingerprint density at radius 2 is 1.79 bits per heavy atom. The molecule has 6 nitrogen and oxygen atoms in total. The first-order chi connectivity index (χ1) is 13.5. The smallest absolute Gasteiger partial charge is 0.337 e. The maximum Gasteiger partial charge on any atom is 0.337 e. The minimum Gasteiger partial charge on any atom is -0.465 e. The van der Waals surface area contributed by atoms with Gasteiger partial charge in [0.1, 0.15) is 0 Å². The Morgan fingerprint density at radius 1 is 1.07 bits per heavy atom. The molecule has 1 atom stereocenters. The lowest BCUT2D eigenvalue weighted by atomic mass is 9.93. The summed E-state index contributed by atoms with van der Waals surface area (Å²) < 4.78 is 4.67. The van der Waals surface area contributed by atoms with Gasteiger partial charge in [-0.25, -0.2) is 4.79 Å². The van der Waals surface area contributed by atoms with Crippen molar-refractivity contribution in [3.63, 3.8) is 0 Å². The van der Waals surface area contributed by atoms with E-state index in [2.05, 4.69) is 10.1 Å².